The predicted molar refractivity (Wildman–Crippen MR) is 122 cm³/mol. The Hall–Kier alpha value is -2.84. The van der Waals surface area contributed by atoms with Crippen molar-refractivity contribution < 1.29 is 4.74 Å². The minimum absolute atomic E-state index is 0.851. The summed E-state index contributed by atoms with van der Waals surface area (Å²) in [6.45, 7) is 2.84. The zero-order valence-corrected chi connectivity index (χ0v) is 17.2. The van der Waals surface area contributed by atoms with Gasteiger partial charge in [0.1, 0.15) is 5.75 Å². The lowest BCUT2D eigenvalue weighted by atomic mass is 10.0. The lowest BCUT2D eigenvalue weighted by molar-refractivity contribution is 0.286. The van der Waals surface area contributed by atoms with Gasteiger partial charge in [0.2, 0.25) is 0 Å². The quantitative estimate of drug-likeness (QED) is 0.481. The van der Waals surface area contributed by atoms with Gasteiger partial charge in [-0.15, -0.1) is 0 Å². The van der Waals surface area contributed by atoms with Crippen molar-refractivity contribution in [2.75, 3.05) is 20.2 Å². The lowest BCUT2D eigenvalue weighted by Crippen LogP contribution is -2.19. The van der Waals surface area contributed by atoms with Gasteiger partial charge in [-0.1, -0.05) is 78.9 Å². The first kappa shape index (κ1) is 19.5. The molecule has 0 saturated carbocycles. The predicted octanol–water partition coefficient (Wildman–Crippen LogP) is 6.21. The fraction of sp³-hybridized carbons (Fsp3) is 0.259. The van der Waals surface area contributed by atoms with E-state index in [-0.39, 0.29) is 0 Å². The lowest BCUT2D eigenvalue weighted by Gasteiger charge is -2.20. The molecule has 0 spiro atoms. The van der Waals surface area contributed by atoms with E-state index in [1.54, 1.807) is 0 Å². The Morgan fingerprint density at radius 3 is 2.55 bits per heavy atom. The van der Waals surface area contributed by atoms with Gasteiger partial charge in [0, 0.05) is 13.1 Å². The van der Waals surface area contributed by atoms with E-state index in [1.165, 1.54) is 27.8 Å². The molecule has 0 fully saturated rings. The summed E-state index contributed by atoms with van der Waals surface area (Å²) in [5.74, 6) is 1.08. The molecule has 0 aliphatic carbocycles. The normalized spacial score (nSPS) is 13.4. The van der Waals surface area contributed by atoms with Crippen LogP contribution in [-0.2, 0) is 13.0 Å². The van der Waals surface area contributed by atoms with Crippen LogP contribution < -0.4 is 4.74 Å². The molecule has 0 N–H and O–H groups in total. The molecule has 3 aromatic carbocycles. The fourth-order valence-electron chi connectivity index (χ4n) is 3.81. The monoisotopic (exact) mass is 383 g/mol. The van der Waals surface area contributed by atoms with Crippen LogP contribution in [0.15, 0.2) is 78.9 Å². The molecule has 0 aromatic heterocycles. The second kappa shape index (κ2) is 9.58. The van der Waals surface area contributed by atoms with E-state index in [4.69, 9.17) is 4.74 Å². The smallest absolute Gasteiger partial charge is 0.122 e. The zero-order valence-electron chi connectivity index (χ0n) is 17.2. The van der Waals surface area contributed by atoms with Crippen molar-refractivity contribution in [3.8, 4) is 16.9 Å². The van der Waals surface area contributed by atoms with Gasteiger partial charge in [0.05, 0.1) is 6.61 Å². The summed E-state index contributed by atoms with van der Waals surface area (Å²) < 4.78 is 5.80. The van der Waals surface area contributed by atoms with Crippen molar-refractivity contribution in [2.24, 2.45) is 0 Å². The number of hydrogen-bond acceptors (Lipinski definition) is 2. The first-order valence-electron chi connectivity index (χ1n) is 10.5. The van der Waals surface area contributed by atoms with Crippen LogP contribution in [-0.4, -0.2) is 25.1 Å². The third-order valence-corrected chi connectivity index (χ3v) is 5.44. The minimum atomic E-state index is 0.851. The van der Waals surface area contributed by atoms with Crippen molar-refractivity contribution in [1.82, 2.24) is 4.90 Å². The maximum absolute atomic E-state index is 5.80. The molecule has 2 nitrogen and oxygen atoms in total. The topological polar surface area (TPSA) is 12.5 Å². The minimum Gasteiger partial charge on any atom is -0.493 e. The third kappa shape index (κ3) is 5.36. The third-order valence-electron chi connectivity index (χ3n) is 5.44. The molecule has 29 heavy (non-hydrogen) atoms. The number of hydrogen-bond donors (Lipinski definition) is 0. The van der Waals surface area contributed by atoms with Gasteiger partial charge >= 0.3 is 0 Å². The molecule has 4 rings (SSSR count). The van der Waals surface area contributed by atoms with Gasteiger partial charge < -0.3 is 9.64 Å². The van der Waals surface area contributed by atoms with Gasteiger partial charge in [0.15, 0.2) is 0 Å². The van der Waals surface area contributed by atoms with Crippen LogP contribution in [0.4, 0.5) is 0 Å². The Labute approximate surface area is 174 Å². The molecular weight excluding hydrogens is 354 g/mol. The van der Waals surface area contributed by atoms with Gasteiger partial charge in [-0.2, -0.15) is 0 Å². The molecule has 0 bridgehead atoms. The van der Waals surface area contributed by atoms with E-state index in [1.807, 2.05) is 0 Å². The number of fused-ring (bicyclic) bond motifs is 1. The molecule has 1 aliphatic rings. The van der Waals surface area contributed by atoms with Crippen LogP contribution in [0.25, 0.3) is 17.2 Å². The fourth-order valence-corrected chi connectivity index (χ4v) is 3.81. The molecule has 1 heterocycles. The zero-order chi connectivity index (χ0) is 19.9. The highest BCUT2D eigenvalue weighted by Crippen LogP contribution is 2.26. The summed E-state index contributed by atoms with van der Waals surface area (Å²) in [5.41, 5.74) is 6.45. The molecule has 0 amide bonds. The molecule has 0 radical (unpaired) electrons. The molecule has 148 valence electrons. The molecular formula is C27H29NO. The summed E-state index contributed by atoms with van der Waals surface area (Å²) in [5, 5.41) is 0. The van der Waals surface area contributed by atoms with Crippen LogP contribution in [0, 0.1) is 0 Å². The molecule has 0 atom stereocenters. The van der Waals surface area contributed by atoms with E-state index in [9.17, 15) is 0 Å². The van der Waals surface area contributed by atoms with Crippen LogP contribution in [0.1, 0.15) is 29.5 Å². The first-order valence-corrected chi connectivity index (χ1v) is 10.5. The van der Waals surface area contributed by atoms with Gasteiger partial charge in [-0.3, -0.25) is 0 Å². The highest BCUT2D eigenvalue weighted by molar-refractivity contribution is 5.65. The number of nitrogens with zero attached hydrogens (tertiary/aromatic N) is 1. The van der Waals surface area contributed by atoms with E-state index in [2.05, 4.69) is 96.9 Å². The van der Waals surface area contributed by atoms with Crippen LogP contribution in [0.5, 0.6) is 5.75 Å². The van der Waals surface area contributed by atoms with E-state index in [0.29, 0.717) is 0 Å². The Morgan fingerprint density at radius 1 is 0.931 bits per heavy atom. The van der Waals surface area contributed by atoms with Crippen molar-refractivity contribution in [3.05, 3.63) is 95.6 Å². The Kier molecular flexibility index (Phi) is 6.43. The average molecular weight is 384 g/mol. The number of benzene rings is 3. The average Bonchev–Trinajstić information content (AvgIpc) is 2.78. The van der Waals surface area contributed by atoms with Crippen LogP contribution >= 0.6 is 0 Å². The number of aryl methyl sites for hydroxylation is 1. The van der Waals surface area contributed by atoms with Gasteiger partial charge in [-0.05, 0) is 60.2 Å². The largest absolute Gasteiger partial charge is 0.493 e. The Balaban J connectivity index is 1.26. The highest BCUT2D eigenvalue weighted by atomic mass is 16.5. The van der Waals surface area contributed by atoms with Crippen molar-refractivity contribution in [2.45, 2.75) is 25.8 Å². The second-order valence-corrected chi connectivity index (χ2v) is 7.81. The first-order chi connectivity index (χ1) is 14.3. The summed E-state index contributed by atoms with van der Waals surface area (Å²) >= 11 is 0. The maximum atomic E-state index is 5.80. The summed E-state index contributed by atoms with van der Waals surface area (Å²) in [7, 11) is 2.18. The van der Waals surface area contributed by atoms with E-state index in [0.717, 1.165) is 44.7 Å². The summed E-state index contributed by atoms with van der Waals surface area (Å²) in [6.07, 6.45) is 7.80. The Bertz CT molecular complexity index is 944. The van der Waals surface area contributed by atoms with Gasteiger partial charge in [-0.25, -0.2) is 0 Å². The number of ether oxygens (including phenoxy) is 1. The summed E-state index contributed by atoms with van der Waals surface area (Å²) in [6, 6.07) is 26.0. The SMILES string of the molecule is CN(CCC=Cc1ccc(-c2ccccc2)cc1)Cc1ccc2c(c1)OCCC2. The highest BCUT2D eigenvalue weighted by Gasteiger charge is 2.11. The molecule has 1 aliphatic heterocycles. The molecule has 2 heteroatoms. The van der Waals surface area contributed by atoms with Gasteiger partial charge in [0.25, 0.3) is 0 Å². The van der Waals surface area contributed by atoms with E-state index < -0.39 is 0 Å². The second-order valence-electron chi connectivity index (χ2n) is 7.81. The summed E-state index contributed by atoms with van der Waals surface area (Å²) in [4.78, 5) is 2.37. The maximum Gasteiger partial charge on any atom is 0.122 e. The van der Waals surface area contributed by atoms with Crippen molar-refractivity contribution in [1.29, 1.82) is 0 Å². The van der Waals surface area contributed by atoms with Crippen molar-refractivity contribution >= 4 is 6.08 Å². The Morgan fingerprint density at radius 2 is 1.72 bits per heavy atom. The molecule has 0 unspecified atom stereocenters. The molecule has 0 saturated heterocycles. The van der Waals surface area contributed by atoms with Crippen LogP contribution in [0.2, 0.25) is 0 Å². The molecule has 3 aromatic rings. The standard InChI is InChI=1S/C27H29NO/c1-28(21-23-14-17-26-11-7-19-29-27(26)20-23)18-6-5-8-22-12-15-25(16-13-22)24-9-3-2-4-10-24/h2-5,8-10,12-17,20H,6-7,11,18-19,21H2,1H3. The van der Waals surface area contributed by atoms with E-state index >= 15 is 0 Å². The number of rotatable bonds is 7. The van der Waals surface area contributed by atoms with Crippen LogP contribution in [0.3, 0.4) is 0 Å². The van der Waals surface area contributed by atoms with Crippen molar-refractivity contribution in [3.63, 3.8) is 0 Å².